The van der Waals surface area contributed by atoms with Crippen molar-refractivity contribution in [2.75, 3.05) is 5.84 Å². The van der Waals surface area contributed by atoms with Gasteiger partial charge in [0.15, 0.2) is 5.03 Å². The number of nitrogens with zero attached hydrogens (tertiary/aromatic N) is 6. The number of nitro groups is 1. The Labute approximate surface area is 99.8 Å². The van der Waals surface area contributed by atoms with Crippen molar-refractivity contribution in [1.29, 1.82) is 0 Å². The first-order valence-corrected chi connectivity index (χ1v) is 5.33. The van der Waals surface area contributed by atoms with E-state index in [2.05, 4.69) is 15.2 Å². The van der Waals surface area contributed by atoms with Crippen LogP contribution in [0.5, 0.6) is 0 Å². The summed E-state index contributed by atoms with van der Waals surface area (Å²) in [5.74, 6) is 5.97. The summed E-state index contributed by atoms with van der Waals surface area (Å²) in [5.41, 5.74) is 0. The Morgan fingerprint density at radius 1 is 1.53 bits per heavy atom. The molecule has 10 heteroatoms. The normalized spacial score (nSPS) is 10.7. The molecular weight excluding hydrogens is 246 g/mol. The first-order valence-electron chi connectivity index (χ1n) is 4.51. The van der Waals surface area contributed by atoms with Gasteiger partial charge in [0.05, 0.1) is 0 Å². The highest BCUT2D eigenvalue weighted by Gasteiger charge is 2.23. The highest BCUT2D eigenvalue weighted by molar-refractivity contribution is 7.99. The quantitative estimate of drug-likeness (QED) is 0.469. The van der Waals surface area contributed by atoms with E-state index in [1.807, 2.05) is 0 Å². The summed E-state index contributed by atoms with van der Waals surface area (Å²) in [4.78, 5) is 13.9. The van der Waals surface area contributed by atoms with Crippen LogP contribution in [0.1, 0.15) is 5.82 Å². The van der Waals surface area contributed by atoms with Gasteiger partial charge in [-0.1, -0.05) is 0 Å². The van der Waals surface area contributed by atoms with Gasteiger partial charge in [0.25, 0.3) is 0 Å². The maximum atomic E-state index is 10.8. The topological polar surface area (TPSA) is 118 Å². The first-order chi connectivity index (χ1) is 8.00. The van der Waals surface area contributed by atoms with E-state index in [9.17, 15) is 10.1 Å². The molecule has 0 saturated carbocycles. The number of nitrogens with two attached hydrogens (primary N) is 1. The average Bonchev–Trinajstić information content (AvgIpc) is 2.78. The SMILES string of the molecule is Cc1nnc(Sc2c([N+](=O)[O-])ncn2C)n1N. The van der Waals surface area contributed by atoms with Gasteiger partial charge in [-0.25, -0.2) is 4.68 Å². The smallest absolute Gasteiger partial charge is 0.358 e. The van der Waals surface area contributed by atoms with Crippen LogP contribution >= 0.6 is 11.8 Å². The third kappa shape index (κ3) is 1.93. The van der Waals surface area contributed by atoms with Crippen LogP contribution in [0.25, 0.3) is 0 Å². The Balaban J connectivity index is 2.39. The summed E-state index contributed by atoms with van der Waals surface area (Å²) in [6.45, 7) is 1.69. The zero-order chi connectivity index (χ0) is 12.6. The molecule has 0 radical (unpaired) electrons. The van der Waals surface area contributed by atoms with Crippen LogP contribution in [0, 0.1) is 17.0 Å². The van der Waals surface area contributed by atoms with Gasteiger partial charge in [-0.05, 0) is 28.6 Å². The number of aryl methyl sites for hydroxylation is 2. The molecule has 0 atom stereocenters. The number of hydrogen-bond acceptors (Lipinski definition) is 7. The zero-order valence-corrected chi connectivity index (χ0v) is 9.88. The molecular formula is C7H9N7O2S. The van der Waals surface area contributed by atoms with Crippen molar-refractivity contribution < 1.29 is 4.92 Å². The molecule has 90 valence electrons. The molecule has 17 heavy (non-hydrogen) atoms. The molecule has 0 unspecified atom stereocenters. The van der Waals surface area contributed by atoms with Crippen LogP contribution in [0.4, 0.5) is 5.82 Å². The summed E-state index contributed by atoms with van der Waals surface area (Å²) in [7, 11) is 1.66. The molecule has 0 aliphatic heterocycles. The molecule has 0 amide bonds. The van der Waals surface area contributed by atoms with Gasteiger partial charge < -0.3 is 20.5 Å². The standard InChI is InChI=1S/C7H9N7O2S/c1-4-10-11-7(13(4)8)17-6-5(14(15)16)9-3-12(6)2/h3H,8H2,1-2H3. The third-order valence-corrected chi connectivity index (χ3v) is 3.19. The fraction of sp³-hybridized carbons (Fsp3) is 0.286. The highest BCUT2D eigenvalue weighted by atomic mass is 32.2. The summed E-state index contributed by atoms with van der Waals surface area (Å²) < 4.78 is 2.80. The lowest BCUT2D eigenvalue weighted by Crippen LogP contribution is -2.11. The van der Waals surface area contributed by atoms with Crippen molar-refractivity contribution in [2.45, 2.75) is 17.1 Å². The predicted octanol–water partition coefficient (Wildman–Crippen LogP) is 0.0932. The van der Waals surface area contributed by atoms with E-state index in [0.29, 0.717) is 16.0 Å². The summed E-state index contributed by atoms with van der Waals surface area (Å²) in [6.07, 6.45) is 1.37. The largest absolute Gasteiger partial charge is 0.396 e. The minimum absolute atomic E-state index is 0.224. The zero-order valence-electron chi connectivity index (χ0n) is 9.06. The van der Waals surface area contributed by atoms with Crippen LogP contribution < -0.4 is 5.84 Å². The van der Waals surface area contributed by atoms with E-state index in [1.54, 1.807) is 14.0 Å². The van der Waals surface area contributed by atoms with Crippen molar-refractivity contribution in [2.24, 2.45) is 7.05 Å². The van der Waals surface area contributed by atoms with Gasteiger partial charge >= 0.3 is 5.82 Å². The second-order valence-electron chi connectivity index (χ2n) is 3.24. The molecule has 2 aromatic heterocycles. The lowest BCUT2D eigenvalue weighted by molar-refractivity contribution is -0.392. The minimum atomic E-state index is -0.549. The Bertz CT molecular complexity index is 575. The number of hydrogen-bond donors (Lipinski definition) is 1. The Kier molecular flexibility index (Phi) is 2.71. The van der Waals surface area contributed by atoms with Gasteiger partial charge in [0.1, 0.15) is 5.82 Å². The van der Waals surface area contributed by atoms with Crippen molar-refractivity contribution in [3.05, 3.63) is 22.3 Å². The van der Waals surface area contributed by atoms with Crippen LogP contribution in [-0.2, 0) is 7.05 Å². The van der Waals surface area contributed by atoms with Gasteiger partial charge in [0.2, 0.25) is 11.5 Å². The van der Waals surface area contributed by atoms with Gasteiger partial charge in [-0.3, -0.25) is 0 Å². The average molecular weight is 255 g/mol. The number of rotatable bonds is 3. The molecule has 9 nitrogen and oxygen atoms in total. The van der Waals surface area contributed by atoms with Crippen LogP contribution in [-0.4, -0.2) is 29.3 Å². The molecule has 2 N–H and O–H groups in total. The molecule has 0 aromatic carbocycles. The predicted molar refractivity (Wildman–Crippen MR) is 58.9 cm³/mol. The second kappa shape index (κ2) is 4.05. The molecule has 2 heterocycles. The highest BCUT2D eigenvalue weighted by Crippen LogP contribution is 2.31. The number of aromatic nitrogens is 5. The molecule has 0 saturated heterocycles. The summed E-state index contributed by atoms with van der Waals surface area (Å²) in [5, 5.41) is 19.1. The van der Waals surface area contributed by atoms with E-state index >= 15 is 0 Å². The van der Waals surface area contributed by atoms with Crippen LogP contribution in [0.15, 0.2) is 16.5 Å². The van der Waals surface area contributed by atoms with E-state index in [0.717, 1.165) is 11.8 Å². The Morgan fingerprint density at radius 3 is 2.76 bits per heavy atom. The Morgan fingerprint density at radius 2 is 2.24 bits per heavy atom. The van der Waals surface area contributed by atoms with E-state index in [1.165, 1.54) is 15.6 Å². The van der Waals surface area contributed by atoms with Gasteiger partial charge in [0, 0.05) is 7.05 Å². The fourth-order valence-electron chi connectivity index (χ4n) is 1.16. The van der Waals surface area contributed by atoms with Gasteiger partial charge in [-0.2, -0.15) is 0 Å². The molecule has 0 bridgehead atoms. The summed E-state index contributed by atoms with van der Waals surface area (Å²) >= 11 is 1.05. The lowest BCUT2D eigenvalue weighted by atomic mass is 10.7. The van der Waals surface area contributed by atoms with Crippen molar-refractivity contribution in [1.82, 2.24) is 24.4 Å². The summed E-state index contributed by atoms with van der Waals surface area (Å²) in [6, 6.07) is 0. The van der Waals surface area contributed by atoms with Crippen molar-refractivity contribution in [3.8, 4) is 0 Å². The maximum absolute atomic E-state index is 10.8. The van der Waals surface area contributed by atoms with Crippen molar-refractivity contribution >= 4 is 17.6 Å². The Hall–Kier alpha value is -2.10. The van der Waals surface area contributed by atoms with Crippen LogP contribution in [0.2, 0.25) is 0 Å². The van der Waals surface area contributed by atoms with E-state index < -0.39 is 4.92 Å². The molecule has 0 spiro atoms. The second-order valence-corrected chi connectivity index (χ2v) is 4.20. The molecule has 2 aromatic rings. The van der Waals surface area contributed by atoms with Crippen LogP contribution in [0.3, 0.4) is 0 Å². The first kappa shape index (κ1) is 11.4. The molecule has 0 fully saturated rings. The minimum Gasteiger partial charge on any atom is -0.358 e. The molecule has 0 aliphatic carbocycles. The van der Waals surface area contributed by atoms with Gasteiger partial charge in [-0.15, -0.1) is 10.2 Å². The number of nitrogen functional groups attached to an aromatic ring is 1. The molecule has 2 rings (SSSR count). The monoisotopic (exact) mass is 255 g/mol. The maximum Gasteiger partial charge on any atom is 0.396 e. The fourth-order valence-corrected chi connectivity index (χ4v) is 2.05. The van der Waals surface area contributed by atoms with E-state index in [-0.39, 0.29) is 5.82 Å². The van der Waals surface area contributed by atoms with Crippen molar-refractivity contribution in [3.63, 3.8) is 0 Å². The molecule has 0 aliphatic rings. The number of imidazole rings is 1. The third-order valence-electron chi connectivity index (χ3n) is 2.06. The lowest BCUT2D eigenvalue weighted by Gasteiger charge is -2.01. The van der Waals surface area contributed by atoms with E-state index in [4.69, 9.17) is 5.84 Å².